The number of furan rings is 1. The summed E-state index contributed by atoms with van der Waals surface area (Å²) >= 11 is 12.0. The summed E-state index contributed by atoms with van der Waals surface area (Å²) in [5, 5.41) is 14.0. The van der Waals surface area contributed by atoms with Gasteiger partial charge in [-0.15, -0.1) is 0 Å². The third-order valence-corrected chi connectivity index (χ3v) is 3.38. The van der Waals surface area contributed by atoms with Crippen molar-refractivity contribution in [1.82, 2.24) is 9.78 Å². The molecule has 0 amide bonds. The normalized spacial score (nSPS) is 10.8. The molecule has 0 saturated heterocycles. The van der Waals surface area contributed by atoms with E-state index >= 15 is 0 Å². The molecule has 0 aliphatic rings. The summed E-state index contributed by atoms with van der Waals surface area (Å²) in [5.41, 5.74) is 0.897. The maximum Gasteiger partial charge on any atom is 0.356 e. The van der Waals surface area contributed by atoms with Crippen LogP contribution in [-0.2, 0) is 0 Å². The van der Waals surface area contributed by atoms with E-state index < -0.39 is 5.97 Å². The monoisotopic (exact) mass is 322 g/mol. The van der Waals surface area contributed by atoms with Crippen molar-refractivity contribution < 1.29 is 14.3 Å². The van der Waals surface area contributed by atoms with Crippen LogP contribution in [0.15, 0.2) is 47.1 Å². The van der Waals surface area contributed by atoms with E-state index in [9.17, 15) is 4.79 Å². The van der Waals surface area contributed by atoms with Gasteiger partial charge in [-0.25, -0.2) is 9.48 Å². The Morgan fingerprint density at radius 3 is 2.67 bits per heavy atom. The van der Waals surface area contributed by atoms with Gasteiger partial charge in [-0.05, 0) is 30.3 Å². The van der Waals surface area contributed by atoms with Gasteiger partial charge in [-0.2, -0.15) is 5.10 Å². The van der Waals surface area contributed by atoms with Gasteiger partial charge < -0.3 is 9.52 Å². The van der Waals surface area contributed by atoms with Crippen molar-refractivity contribution in [3.05, 3.63) is 58.4 Å². The zero-order valence-corrected chi connectivity index (χ0v) is 12.0. The summed E-state index contributed by atoms with van der Waals surface area (Å²) in [6.45, 7) is 0. The van der Waals surface area contributed by atoms with Crippen molar-refractivity contribution in [1.29, 1.82) is 0 Å². The fourth-order valence-corrected chi connectivity index (χ4v) is 2.41. The first kappa shape index (κ1) is 13.7. The van der Waals surface area contributed by atoms with Gasteiger partial charge in [0.05, 0.1) is 17.0 Å². The molecule has 0 fully saturated rings. The van der Waals surface area contributed by atoms with Crippen LogP contribution in [0.1, 0.15) is 10.5 Å². The Morgan fingerprint density at radius 2 is 2.05 bits per heavy atom. The third kappa shape index (κ3) is 2.53. The fraction of sp³-hybridized carbons (Fsp3) is 0. The molecule has 0 saturated carbocycles. The third-order valence-electron chi connectivity index (χ3n) is 2.84. The Morgan fingerprint density at radius 1 is 1.24 bits per heavy atom. The van der Waals surface area contributed by atoms with Crippen LogP contribution in [0.4, 0.5) is 0 Å². The smallest absolute Gasteiger partial charge is 0.356 e. The van der Waals surface area contributed by atoms with E-state index in [2.05, 4.69) is 5.10 Å². The molecule has 21 heavy (non-hydrogen) atoms. The molecule has 3 aromatic rings. The van der Waals surface area contributed by atoms with Crippen molar-refractivity contribution >= 4 is 29.2 Å². The van der Waals surface area contributed by atoms with E-state index in [1.807, 2.05) is 0 Å². The van der Waals surface area contributed by atoms with E-state index in [1.165, 1.54) is 17.0 Å². The molecule has 3 rings (SSSR count). The van der Waals surface area contributed by atoms with Gasteiger partial charge in [0, 0.05) is 11.1 Å². The number of carboxylic acid groups (broad SMARTS) is 1. The fourth-order valence-electron chi connectivity index (χ4n) is 1.92. The molecule has 0 atom stereocenters. The van der Waals surface area contributed by atoms with Gasteiger partial charge in [0.25, 0.3) is 0 Å². The summed E-state index contributed by atoms with van der Waals surface area (Å²) < 4.78 is 6.73. The van der Waals surface area contributed by atoms with Crippen LogP contribution in [0.3, 0.4) is 0 Å². The van der Waals surface area contributed by atoms with Crippen LogP contribution >= 0.6 is 23.2 Å². The molecule has 5 nitrogen and oxygen atoms in total. The van der Waals surface area contributed by atoms with Crippen molar-refractivity contribution in [3.8, 4) is 17.1 Å². The molecule has 1 aromatic carbocycles. The van der Waals surface area contributed by atoms with Gasteiger partial charge in [0.2, 0.25) is 0 Å². The Bertz CT molecular complexity index is 810. The summed E-state index contributed by atoms with van der Waals surface area (Å²) in [5.74, 6) is -0.646. The Hall–Kier alpha value is -2.24. The first-order valence-corrected chi connectivity index (χ1v) is 6.64. The number of hydrogen-bond acceptors (Lipinski definition) is 3. The first-order valence-electron chi connectivity index (χ1n) is 5.89. The molecule has 0 aliphatic heterocycles. The lowest BCUT2D eigenvalue weighted by Crippen LogP contribution is -2.02. The molecule has 0 radical (unpaired) electrons. The largest absolute Gasteiger partial charge is 0.476 e. The lowest BCUT2D eigenvalue weighted by molar-refractivity contribution is 0.0690. The van der Waals surface area contributed by atoms with E-state index in [-0.39, 0.29) is 5.69 Å². The van der Waals surface area contributed by atoms with E-state index in [0.717, 1.165) is 0 Å². The van der Waals surface area contributed by atoms with Crippen molar-refractivity contribution in [2.24, 2.45) is 0 Å². The summed E-state index contributed by atoms with van der Waals surface area (Å²) in [6.07, 6.45) is 1.50. The molecule has 0 spiro atoms. The van der Waals surface area contributed by atoms with Crippen LogP contribution in [-0.4, -0.2) is 20.9 Å². The number of aromatic nitrogens is 2. The van der Waals surface area contributed by atoms with Crippen LogP contribution in [0, 0.1) is 0 Å². The average molecular weight is 323 g/mol. The van der Waals surface area contributed by atoms with Crippen molar-refractivity contribution in [3.63, 3.8) is 0 Å². The maximum atomic E-state index is 11.1. The van der Waals surface area contributed by atoms with Gasteiger partial charge in [-0.1, -0.05) is 23.2 Å². The minimum atomic E-state index is -1.13. The highest BCUT2D eigenvalue weighted by atomic mass is 35.5. The van der Waals surface area contributed by atoms with Crippen LogP contribution in [0.25, 0.3) is 17.1 Å². The Balaban J connectivity index is 2.23. The number of hydrogen-bond donors (Lipinski definition) is 1. The highest BCUT2D eigenvalue weighted by molar-refractivity contribution is 6.35. The van der Waals surface area contributed by atoms with Gasteiger partial charge >= 0.3 is 5.97 Å². The minimum Gasteiger partial charge on any atom is -0.476 e. The highest BCUT2D eigenvalue weighted by Gasteiger charge is 2.19. The molecule has 0 bridgehead atoms. The topological polar surface area (TPSA) is 68.3 Å². The van der Waals surface area contributed by atoms with E-state index in [1.54, 1.807) is 30.3 Å². The lowest BCUT2D eigenvalue weighted by atomic mass is 10.2. The zero-order valence-electron chi connectivity index (χ0n) is 10.5. The molecule has 7 heteroatoms. The molecule has 2 aromatic heterocycles. The Kier molecular flexibility index (Phi) is 3.45. The van der Waals surface area contributed by atoms with Gasteiger partial charge in [0.15, 0.2) is 11.5 Å². The molecular weight excluding hydrogens is 315 g/mol. The average Bonchev–Trinajstić information content (AvgIpc) is 3.07. The predicted octanol–water partition coefficient (Wildman–Crippen LogP) is 4.14. The number of carbonyl (C=O) groups is 1. The quantitative estimate of drug-likeness (QED) is 0.786. The summed E-state index contributed by atoms with van der Waals surface area (Å²) in [4.78, 5) is 11.1. The van der Waals surface area contributed by atoms with E-state index in [4.69, 9.17) is 32.7 Å². The van der Waals surface area contributed by atoms with Crippen molar-refractivity contribution in [2.45, 2.75) is 0 Å². The summed E-state index contributed by atoms with van der Waals surface area (Å²) in [7, 11) is 0. The second kappa shape index (κ2) is 5.27. The van der Waals surface area contributed by atoms with Gasteiger partial charge in [-0.3, -0.25) is 0 Å². The molecule has 106 valence electrons. The summed E-state index contributed by atoms with van der Waals surface area (Å²) in [6, 6.07) is 9.71. The molecule has 2 heterocycles. The standard InChI is InChI=1S/C14H8Cl2N2O3/c15-8-3-4-11(9(16)6-8)18-12(13-2-1-5-21-13)7-10(17-18)14(19)20/h1-7H,(H,19,20). The van der Waals surface area contributed by atoms with Crippen LogP contribution < -0.4 is 0 Å². The number of rotatable bonds is 3. The lowest BCUT2D eigenvalue weighted by Gasteiger charge is -2.07. The molecule has 0 aliphatic carbocycles. The second-order valence-corrected chi connectivity index (χ2v) is 5.05. The maximum absolute atomic E-state index is 11.1. The first-order chi connectivity index (χ1) is 10.1. The second-order valence-electron chi connectivity index (χ2n) is 4.20. The zero-order chi connectivity index (χ0) is 15.0. The number of aromatic carboxylic acids is 1. The number of halogens is 2. The minimum absolute atomic E-state index is 0.104. The van der Waals surface area contributed by atoms with Gasteiger partial charge in [0.1, 0.15) is 5.69 Å². The molecule has 0 unspecified atom stereocenters. The van der Waals surface area contributed by atoms with E-state index in [0.29, 0.717) is 27.2 Å². The van der Waals surface area contributed by atoms with Crippen LogP contribution in [0.5, 0.6) is 0 Å². The molecule has 1 N–H and O–H groups in total. The molecular formula is C14H8Cl2N2O3. The van der Waals surface area contributed by atoms with Crippen LogP contribution in [0.2, 0.25) is 10.0 Å². The number of nitrogens with zero attached hydrogens (tertiary/aromatic N) is 2. The number of carboxylic acids is 1. The SMILES string of the molecule is O=C(O)c1cc(-c2ccco2)n(-c2ccc(Cl)cc2Cl)n1. The highest BCUT2D eigenvalue weighted by Crippen LogP contribution is 2.29. The number of benzene rings is 1. The van der Waals surface area contributed by atoms with Crippen molar-refractivity contribution in [2.75, 3.05) is 0 Å². The Labute approximate surface area is 129 Å². The predicted molar refractivity (Wildman–Crippen MR) is 78.2 cm³/mol.